The number of rotatable bonds is 1. The summed E-state index contributed by atoms with van der Waals surface area (Å²) in [5.41, 5.74) is 0.474. The molecule has 0 saturated heterocycles. The van der Waals surface area contributed by atoms with Crippen molar-refractivity contribution in [3.8, 4) is 0 Å². The van der Waals surface area contributed by atoms with E-state index in [2.05, 4.69) is 4.98 Å². The van der Waals surface area contributed by atoms with Gasteiger partial charge in [-0.05, 0) is 12.1 Å². The highest BCUT2D eigenvalue weighted by Crippen LogP contribution is 1.99. The molecule has 0 aliphatic carbocycles. The highest BCUT2D eigenvalue weighted by molar-refractivity contribution is 5.93. The molecule has 1 N–H and O–H groups in total. The van der Waals surface area contributed by atoms with E-state index >= 15 is 0 Å². The standard InChI is InChI=1S/C8H10FN3/c1-12(2)8(10)7-4-3-6(9)5-11-7/h3-5,10H,1-2H3. The van der Waals surface area contributed by atoms with Crippen LogP contribution in [0.5, 0.6) is 0 Å². The molecule has 12 heavy (non-hydrogen) atoms. The van der Waals surface area contributed by atoms with E-state index in [-0.39, 0.29) is 11.7 Å². The van der Waals surface area contributed by atoms with Gasteiger partial charge in [-0.25, -0.2) is 9.37 Å². The second-order valence-electron chi connectivity index (χ2n) is 2.60. The minimum atomic E-state index is -0.384. The van der Waals surface area contributed by atoms with E-state index in [1.165, 1.54) is 12.1 Å². The number of nitrogens with zero attached hydrogens (tertiary/aromatic N) is 2. The van der Waals surface area contributed by atoms with Gasteiger partial charge in [-0.1, -0.05) is 0 Å². The molecule has 0 unspecified atom stereocenters. The van der Waals surface area contributed by atoms with Crippen molar-refractivity contribution in [2.24, 2.45) is 0 Å². The first-order chi connectivity index (χ1) is 5.61. The third kappa shape index (κ3) is 1.78. The maximum absolute atomic E-state index is 12.4. The predicted octanol–water partition coefficient (Wildman–Crippen LogP) is 1.11. The Morgan fingerprint density at radius 1 is 1.50 bits per heavy atom. The molecule has 0 amide bonds. The molecule has 1 heterocycles. The molecule has 1 rings (SSSR count). The van der Waals surface area contributed by atoms with E-state index in [0.29, 0.717) is 5.69 Å². The van der Waals surface area contributed by atoms with Crippen LogP contribution in [0.25, 0.3) is 0 Å². The van der Waals surface area contributed by atoms with Gasteiger partial charge in [0.05, 0.1) is 6.20 Å². The Balaban J connectivity index is 2.90. The summed E-state index contributed by atoms with van der Waals surface area (Å²) in [6, 6.07) is 2.78. The van der Waals surface area contributed by atoms with E-state index in [9.17, 15) is 4.39 Å². The number of amidine groups is 1. The van der Waals surface area contributed by atoms with E-state index in [4.69, 9.17) is 5.41 Å². The van der Waals surface area contributed by atoms with Gasteiger partial charge in [-0.15, -0.1) is 0 Å². The second kappa shape index (κ2) is 3.30. The molecule has 0 radical (unpaired) electrons. The van der Waals surface area contributed by atoms with E-state index in [1.807, 2.05) is 0 Å². The van der Waals surface area contributed by atoms with Crippen molar-refractivity contribution >= 4 is 5.84 Å². The Hall–Kier alpha value is -1.45. The smallest absolute Gasteiger partial charge is 0.146 e. The van der Waals surface area contributed by atoms with Crippen LogP contribution in [0.1, 0.15) is 5.69 Å². The molecule has 0 fully saturated rings. The van der Waals surface area contributed by atoms with Gasteiger partial charge in [0, 0.05) is 14.1 Å². The number of hydrogen-bond donors (Lipinski definition) is 1. The van der Waals surface area contributed by atoms with Crippen LogP contribution >= 0.6 is 0 Å². The van der Waals surface area contributed by atoms with Gasteiger partial charge < -0.3 is 4.90 Å². The normalized spacial score (nSPS) is 9.58. The summed E-state index contributed by atoms with van der Waals surface area (Å²) in [6.45, 7) is 0. The molecule has 0 saturated carbocycles. The molecule has 1 aromatic heterocycles. The highest BCUT2D eigenvalue weighted by atomic mass is 19.1. The molecule has 3 nitrogen and oxygen atoms in total. The molecule has 0 aliphatic rings. The first kappa shape index (κ1) is 8.64. The van der Waals surface area contributed by atoms with Crippen molar-refractivity contribution in [3.63, 3.8) is 0 Å². The summed E-state index contributed by atoms with van der Waals surface area (Å²) in [5.74, 6) is -0.111. The fourth-order valence-corrected chi connectivity index (χ4v) is 0.745. The summed E-state index contributed by atoms with van der Waals surface area (Å²) >= 11 is 0. The minimum absolute atomic E-state index is 0.273. The first-order valence-corrected chi connectivity index (χ1v) is 3.49. The average molecular weight is 167 g/mol. The zero-order valence-electron chi connectivity index (χ0n) is 7.00. The molecular formula is C8H10FN3. The van der Waals surface area contributed by atoms with Gasteiger partial charge in [0.25, 0.3) is 0 Å². The third-order valence-corrected chi connectivity index (χ3v) is 1.42. The fourth-order valence-electron chi connectivity index (χ4n) is 0.745. The van der Waals surface area contributed by atoms with Crippen LogP contribution in [-0.4, -0.2) is 29.8 Å². The van der Waals surface area contributed by atoms with E-state index < -0.39 is 0 Å². The van der Waals surface area contributed by atoms with E-state index in [1.54, 1.807) is 19.0 Å². The van der Waals surface area contributed by atoms with Gasteiger partial charge in [-0.2, -0.15) is 0 Å². The maximum Gasteiger partial charge on any atom is 0.146 e. The van der Waals surface area contributed by atoms with Gasteiger partial charge in [-0.3, -0.25) is 5.41 Å². The topological polar surface area (TPSA) is 40.0 Å². The molecule has 0 aliphatic heterocycles. The summed E-state index contributed by atoms with van der Waals surface area (Å²) in [6.07, 6.45) is 1.10. The van der Waals surface area contributed by atoms with Crippen molar-refractivity contribution in [1.82, 2.24) is 9.88 Å². The molecule has 64 valence electrons. The lowest BCUT2D eigenvalue weighted by molar-refractivity contribution is 0.608. The van der Waals surface area contributed by atoms with Crippen LogP contribution in [0.3, 0.4) is 0 Å². The number of hydrogen-bond acceptors (Lipinski definition) is 2. The zero-order valence-corrected chi connectivity index (χ0v) is 7.00. The van der Waals surface area contributed by atoms with Crippen molar-refractivity contribution in [1.29, 1.82) is 5.41 Å². The van der Waals surface area contributed by atoms with Crippen LogP contribution in [-0.2, 0) is 0 Å². The fraction of sp³-hybridized carbons (Fsp3) is 0.250. The number of nitrogens with one attached hydrogen (secondary N) is 1. The molecule has 4 heteroatoms. The second-order valence-corrected chi connectivity index (χ2v) is 2.60. The number of aromatic nitrogens is 1. The van der Waals surface area contributed by atoms with Crippen LogP contribution in [0.15, 0.2) is 18.3 Å². The summed E-state index contributed by atoms with van der Waals surface area (Å²) < 4.78 is 12.4. The lowest BCUT2D eigenvalue weighted by Crippen LogP contribution is -2.22. The lowest BCUT2D eigenvalue weighted by atomic mass is 10.3. The Kier molecular flexibility index (Phi) is 2.38. The van der Waals surface area contributed by atoms with Crippen LogP contribution < -0.4 is 0 Å². The monoisotopic (exact) mass is 167 g/mol. The summed E-state index contributed by atoms with van der Waals surface area (Å²) in [5, 5.41) is 7.50. The van der Waals surface area contributed by atoms with Gasteiger partial charge in [0.1, 0.15) is 17.3 Å². The zero-order chi connectivity index (χ0) is 9.14. The molecule has 0 spiro atoms. The van der Waals surface area contributed by atoms with Gasteiger partial charge in [0.15, 0.2) is 0 Å². The number of halogens is 1. The van der Waals surface area contributed by atoms with Gasteiger partial charge in [0.2, 0.25) is 0 Å². The largest absolute Gasteiger partial charge is 0.361 e. The van der Waals surface area contributed by atoms with E-state index in [0.717, 1.165) is 6.20 Å². The molecule has 0 bridgehead atoms. The SMILES string of the molecule is CN(C)C(=N)c1ccc(F)cn1. The Morgan fingerprint density at radius 3 is 2.58 bits per heavy atom. The molecular weight excluding hydrogens is 157 g/mol. The predicted molar refractivity (Wildman–Crippen MR) is 44.7 cm³/mol. The van der Waals surface area contributed by atoms with Crippen LogP contribution in [0.2, 0.25) is 0 Å². The Morgan fingerprint density at radius 2 is 2.17 bits per heavy atom. The third-order valence-electron chi connectivity index (χ3n) is 1.42. The summed E-state index contributed by atoms with van der Waals surface area (Å²) in [7, 11) is 3.49. The quantitative estimate of drug-likeness (QED) is 0.502. The molecule has 1 aromatic rings. The summed E-state index contributed by atoms with van der Waals surface area (Å²) in [4.78, 5) is 5.37. The van der Waals surface area contributed by atoms with Gasteiger partial charge >= 0.3 is 0 Å². The molecule has 0 aromatic carbocycles. The molecule has 0 atom stereocenters. The number of pyridine rings is 1. The van der Waals surface area contributed by atoms with Crippen LogP contribution in [0.4, 0.5) is 4.39 Å². The average Bonchev–Trinajstić information content (AvgIpc) is 2.04. The van der Waals surface area contributed by atoms with Crippen molar-refractivity contribution in [2.45, 2.75) is 0 Å². The first-order valence-electron chi connectivity index (χ1n) is 3.49. The maximum atomic E-state index is 12.4. The minimum Gasteiger partial charge on any atom is -0.361 e. The van der Waals surface area contributed by atoms with Crippen LogP contribution in [0, 0.1) is 11.2 Å². The van der Waals surface area contributed by atoms with Crippen molar-refractivity contribution in [3.05, 3.63) is 29.8 Å². The highest BCUT2D eigenvalue weighted by Gasteiger charge is 2.03. The Labute approximate surface area is 70.4 Å². The van der Waals surface area contributed by atoms with Crippen molar-refractivity contribution < 1.29 is 4.39 Å². The van der Waals surface area contributed by atoms with Crippen molar-refractivity contribution in [2.75, 3.05) is 14.1 Å². The Bertz CT molecular complexity index is 279. The lowest BCUT2D eigenvalue weighted by Gasteiger charge is -2.11.